The Kier molecular flexibility index (Phi) is 3.73. The zero-order valence-corrected chi connectivity index (χ0v) is 9.98. The Hall–Kier alpha value is -1.87. The molecule has 0 saturated carbocycles. The zero-order chi connectivity index (χ0) is 12.1. The number of nitrogens with zero attached hydrogens (tertiary/aromatic N) is 1. The summed E-state index contributed by atoms with van der Waals surface area (Å²) >= 11 is 0. The lowest BCUT2D eigenvalue weighted by Gasteiger charge is -2.09. The monoisotopic (exact) mass is 227 g/mol. The fourth-order valence-electron chi connectivity index (χ4n) is 1.65. The molecule has 0 aliphatic heterocycles. The van der Waals surface area contributed by atoms with Crippen molar-refractivity contribution in [2.24, 2.45) is 5.73 Å². The summed E-state index contributed by atoms with van der Waals surface area (Å²) in [6.45, 7) is 3.36. The van der Waals surface area contributed by atoms with Gasteiger partial charge in [0.05, 0.1) is 0 Å². The lowest BCUT2D eigenvalue weighted by atomic mass is 10.1. The molecule has 0 bridgehead atoms. The van der Waals surface area contributed by atoms with Gasteiger partial charge in [-0.3, -0.25) is 0 Å². The molecular formula is C14H17N3. The van der Waals surface area contributed by atoms with Gasteiger partial charge in [0.2, 0.25) is 0 Å². The van der Waals surface area contributed by atoms with Crippen molar-refractivity contribution < 1.29 is 0 Å². The number of anilines is 1. The fraction of sp³-hybridized carbons (Fsp3) is 0.214. The highest BCUT2D eigenvalue weighted by molar-refractivity contribution is 5.44. The van der Waals surface area contributed by atoms with Crippen molar-refractivity contribution in [3.05, 3.63) is 59.3 Å². The predicted octanol–water partition coefficient (Wildman–Crippen LogP) is 2.46. The lowest BCUT2D eigenvalue weighted by Crippen LogP contribution is -2.07. The molecule has 1 aromatic heterocycles. The smallest absolute Gasteiger partial charge is 0.130 e. The second-order valence-corrected chi connectivity index (χ2v) is 4.05. The van der Waals surface area contributed by atoms with E-state index in [2.05, 4.69) is 41.5 Å². The fourth-order valence-corrected chi connectivity index (χ4v) is 1.65. The van der Waals surface area contributed by atoms with Gasteiger partial charge in [0.15, 0.2) is 0 Å². The molecule has 0 atom stereocenters. The molecule has 0 radical (unpaired) electrons. The van der Waals surface area contributed by atoms with E-state index in [0.29, 0.717) is 6.54 Å². The Morgan fingerprint density at radius 3 is 2.65 bits per heavy atom. The lowest BCUT2D eigenvalue weighted by molar-refractivity contribution is 1.02. The second kappa shape index (κ2) is 5.46. The van der Waals surface area contributed by atoms with Crippen LogP contribution in [0.1, 0.15) is 16.7 Å². The highest BCUT2D eigenvalue weighted by Crippen LogP contribution is 2.12. The van der Waals surface area contributed by atoms with Crippen LogP contribution in [0.15, 0.2) is 42.6 Å². The molecule has 17 heavy (non-hydrogen) atoms. The molecule has 3 nitrogen and oxygen atoms in total. The maximum absolute atomic E-state index is 5.66. The number of aryl methyl sites for hydroxylation is 1. The van der Waals surface area contributed by atoms with E-state index in [-0.39, 0.29) is 0 Å². The van der Waals surface area contributed by atoms with Gasteiger partial charge in [-0.1, -0.05) is 35.9 Å². The van der Waals surface area contributed by atoms with Crippen molar-refractivity contribution in [1.82, 2.24) is 4.98 Å². The zero-order valence-electron chi connectivity index (χ0n) is 9.98. The summed E-state index contributed by atoms with van der Waals surface area (Å²) < 4.78 is 0. The number of aromatic nitrogens is 1. The first-order chi connectivity index (χ1) is 8.29. The van der Waals surface area contributed by atoms with Crippen LogP contribution in [-0.4, -0.2) is 4.98 Å². The third-order valence-corrected chi connectivity index (χ3v) is 2.69. The van der Waals surface area contributed by atoms with Crippen molar-refractivity contribution in [1.29, 1.82) is 0 Å². The number of rotatable bonds is 4. The molecule has 0 aliphatic carbocycles. The van der Waals surface area contributed by atoms with E-state index in [1.807, 2.05) is 12.1 Å². The maximum Gasteiger partial charge on any atom is 0.130 e. The number of hydrogen-bond acceptors (Lipinski definition) is 3. The Bertz CT molecular complexity index is 477. The van der Waals surface area contributed by atoms with Crippen LogP contribution in [-0.2, 0) is 13.1 Å². The molecular weight excluding hydrogens is 210 g/mol. The van der Waals surface area contributed by atoms with Gasteiger partial charge >= 0.3 is 0 Å². The standard InChI is InChI=1S/C14H17N3/c1-11-4-6-12(7-5-11)10-17-14-13(9-15)3-2-8-16-14/h2-8H,9-10,15H2,1H3,(H,16,17). The van der Waals surface area contributed by atoms with Crippen molar-refractivity contribution in [2.75, 3.05) is 5.32 Å². The van der Waals surface area contributed by atoms with Crippen LogP contribution in [0.5, 0.6) is 0 Å². The summed E-state index contributed by atoms with van der Waals surface area (Å²) in [6, 6.07) is 12.4. The van der Waals surface area contributed by atoms with Crippen LogP contribution in [0.25, 0.3) is 0 Å². The highest BCUT2D eigenvalue weighted by atomic mass is 15.0. The van der Waals surface area contributed by atoms with Crippen molar-refractivity contribution >= 4 is 5.82 Å². The normalized spacial score (nSPS) is 10.2. The van der Waals surface area contributed by atoms with Gasteiger partial charge in [-0.05, 0) is 18.6 Å². The Labute approximate surface area is 102 Å². The molecule has 88 valence electrons. The number of hydrogen-bond donors (Lipinski definition) is 2. The van der Waals surface area contributed by atoms with Gasteiger partial charge < -0.3 is 11.1 Å². The summed E-state index contributed by atoms with van der Waals surface area (Å²) in [5, 5.41) is 3.31. The Morgan fingerprint density at radius 1 is 1.18 bits per heavy atom. The van der Waals surface area contributed by atoms with E-state index < -0.39 is 0 Å². The quantitative estimate of drug-likeness (QED) is 0.843. The Morgan fingerprint density at radius 2 is 1.94 bits per heavy atom. The molecule has 2 rings (SSSR count). The second-order valence-electron chi connectivity index (χ2n) is 4.05. The molecule has 0 unspecified atom stereocenters. The van der Waals surface area contributed by atoms with Crippen molar-refractivity contribution in [3.63, 3.8) is 0 Å². The summed E-state index contributed by atoms with van der Waals surface area (Å²) in [6.07, 6.45) is 1.77. The summed E-state index contributed by atoms with van der Waals surface area (Å²) in [7, 11) is 0. The van der Waals surface area contributed by atoms with Gasteiger partial charge in [-0.25, -0.2) is 4.98 Å². The molecule has 0 saturated heterocycles. The Balaban J connectivity index is 2.04. The molecule has 3 heteroatoms. The average molecular weight is 227 g/mol. The predicted molar refractivity (Wildman–Crippen MR) is 70.6 cm³/mol. The molecule has 2 aromatic rings. The maximum atomic E-state index is 5.66. The average Bonchev–Trinajstić information content (AvgIpc) is 2.38. The number of pyridine rings is 1. The van der Waals surface area contributed by atoms with Gasteiger partial charge in [-0.15, -0.1) is 0 Å². The SMILES string of the molecule is Cc1ccc(CNc2ncccc2CN)cc1. The van der Waals surface area contributed by atoms with Crippen LogP contribution in [0, 0.1) is 6.92 Å². The molecule has 1 aromatic carbocycles. The van der Waals surface area contributed by atoms with Crippen LogP contribution in [0.2, 0.25) is 0 Å². The minimum absolute atomic E-state index is 0.504. The van der Waals surface area contributed by atoms with E-state index in [9.17, 15) is 0 Å². The first kappa shape index (κ1) is 11.6. The third-order valence-electron chi connectivity index (χ3n) is 2.69. The molecule has 0 amide bonds. The third kappa shape index (κ3) is 3.04. The number of benzene rings is 1. The summed E-state index contributed by atoms with van der Waals surface area (Å²) in [5.41, 5.74) is 9.21. The van der Waals surface area contributed by atoms with Crippen LogP contribution >= 0.6 is 0 Å². The topological polar surface area (TPSA) is 50.9 Å². The molecule has 0 aliphatic rings. The van der Waals surface area contributed by atoms with Gasteiger partial charge in [-0.2, -0.15) is 0 Å². The van der Waals surface area contributed by atoms with Gasteiger partial charge in [0, 0.05) is 24.8 Å². The molecule has 3 N–H and O–H groups in total. The van der Waals surface area contributed by atoms with Gasteiger partial charge in [0.25, 0.3) is 0 Å². The van der Waals surface area contributed by atoms with Gasteiger partial charge in [0.1, 0.15) is 5.82 Å². The van der Waals surface area contributed by atoms with Crippen molar-refractivity contribution in [3.8, 4) is 0 Å². The molecule has 1 heterocycles. The highest BCUT2D eigenvalue weighted by Gasteiger charge is 2.00. The van der Waals surface area contributed by atoms with E-state index in [1.54, 1.807) is 6.20 Å². The van der Waals surface area contributed by atoms with E-state index in [0.717, 1.165) is 17.9 Å². The van der Waals surface area contributed by atoms with E-state index in [4.69, 9.17) is 5.73 Å². The number of nitrogens with one attached hydrogen (secondary N) is 1. The summed E-state index contributed by atoms with van der Waals surface area (Å²) in [5.74, 6) is 0.871. The van der Waals surface area contributed by atoms with E-state index >= 15 is 0 Å². The first-order valence-corrected chi connectivity index (χ1v) is 5.73. The van der Waals surface area contributed by atoms with Crippen molar-refractivity contribution in [2.45, 2.75) is 20.0 Å². The number of nitrogens with two attached hydrogens (primary N) is 1. The minimum atomic E-state index is 0.504. The van der Waals surface area contributed by atoms with Crippen LogP contribution < -0.4 is 11.1 Å². The largest absolute Gasteiger partial charge is 0.366 e. The first-order valence-electron chi connectivity index (χ1n) is 5.73. The summed E-state index contributed by atoms with van der Waals surface area (Å²) in [4.78, 5) is 4.29. The van der Waals surface area contributed by atoms with E-state index in [1.165, 1.54) is 11.1 Å². The van der Waals surface area contributed by atoms with Crippen LogP contribution in [0.3, 0.4) is 0 Å². The minimum Gasteiger partial charge on any atom is -0.366 e. The molecule has 0 fully saturated rings. The molecule has 0 spiro atoms. The van der Waals surface area contributed by atoms with Crippen LogP contribution in [0.4, 0.5) is 5.82 Å².